The van der Waals surface area contributed by atoms with Gasteiger partial charge in [-0.1, -0.05) is 30.3 Å². The third kappa shape index (κ3) is 3.58. The van der Waals surface area contributed by atoms with Crippen LogP contribution in [0.5, 0.6) is 0 Å². The van der Waals surface area contributed by atoms with E-state index in [1.54, 1.807) is 13.4 Å². The predicted octanol–water partition coefficient (Wildman–Crippen LogP) is 3.21. The van der Waals surface area contributed by atoms with Crippen molar-refractivity contribution in [1.29, 1.82) is 0 Å². The maximum atomic E-state index is 13.1. The van der Waals surface area contributed by atoms with E-state index in [1.165, 1.54) is 11.3 Å². The van der Waals surface area contributed by atoms with Crippen LogP contribution < -0.4 is 5.32 Å². The fourth-order valence-corrected chi connectivity index (χ4v) is 5.30. The van der Waals surface area contributed by atoms with Gasteiger partial charge in [-0.3, -0.25) is 9.59 Å². The molecular formula is C23H22N4O3S. The average molecular weight is 435 g/mol. The number of rotatable bonds is 4. The molecule has 2 amide bonds. The molecule has 0 radical (unpaired) electrons. The Morgan fingerprint density at radius 3 is 2.87 bits per heavy atom. The fraction of sp³-hybridized carbons (Fsp3) is 0.261. The van der Waals surface area contributed by atoms with Crippen molar-refractivity contribution in [2.75, 3.05) is 26.7 Å². The van der Waals surface area contributed by atoms with Crippen LogP contribution in [0.15, 0.2) is 54.9 Å². The minimum Gasteiger partial charge on any atom is -0.370 e. The molecule has 1 atom stereocenters. The molecule has 0 saturated carbocycles. The minimum atomic E-state index is -0.347. The second-order valence-corrected chi connectivity index (χ2v) is 8.53. The molecule has 2 aromatic heterocycles. The van der Waals surface area contributed by atoms with Crippen LogP contribution in [0, 0.1) is 0 Å². The predicted molar refractivity (Wildman–Crippen MR) is 120 cm³/mol. The Labute approximate surface area is 183 Å². The molecule has 0 aliphatic carbocycles. The van der Waals surface area contributed by atoms with Crippen LogP contribution in [0.1, 0.15) is 21.3 Å². The number of carbonyl (C=O) groups is 2. The zero-order valence-corrected chi connectivity index (χ0v) is 17.9. The lowest BCUT2D eigenvalue weighted by Gasteiger charge is -2.33. The number of fused-ring (bicyclic) bond motifs is 2. The summed E-state index contributed by atoms with van der Waals surface area (Å²) in [7, 11) is 1.63. The Balaban J connectivity index is 1.42. The maximum absolute atomic E-state index is 13.1. The molecule has 4 aromatic rings. The Kier molecular flexibility index (Phi) is 5.17. The Morgan fingerprint density at radius 2 is 2.00 bits per heavy atom. The lowest BCUT2D eigenvalue weighted by molar-refractivity contribution is -0.139. The summed E-state index contributed by atoms with van der Waals surface area (Å²) in [6.45, 7) is 1.59. The van der Waals surface area contributed by atoms with Crippen molar-refractivity contribution in [2.45, 2.75) is 12.6 Å². The number of amides is 2. The number of benzene rings is 2. The smallest absolute Gasteiger partial charge is 0.261 e. The standard InChI is InChI=1S/C23H22N4O3S/c1-24-23(29)22-21(15-6-2-5-9-19(15)31-22)18-12-26(10-11-30-18)20(28)13-27-14-25-16-7-3-4-8-17(16)27/h2-9,14,18H,10-13H2,1H3,(H,24,29)/t18-/m1/s1. The number of carbonyl (C=O) groups excluding carboxylic acids is 2. The average Bonchev–Trinajstić information content (AvgIpc) is 3.40. The highest BCUT2D eigenvalue weighted by Gasteiger charge is 2.31. The summed E-state index contributed by atoms with van der Waals surface area (Å²) in [5.41, 5.74) is 2.67. The lowest BCUT2D eigenvalue weighted by atomic mass is 10.0. The van der Waals surface area contributed by atoms with E-state index in [1.807, 2.05) is 58.0 Å². The highest BCUT2D eigenvalue weighted by molar-refractivity contribution is 7.21. The van der Waals surface area contributed by atoms with E-state index in [9.17, 15) is 9.59 Å². The zero-order chi connectivity index (χ0) is 21.4. The highest BCUT2D eigenvalue weighted by Crippen LogP contribution is 2.38. The second kappa shape index (κ2) is 8.13. The third-order valence-electron chi connectivity index (χ3n) is 5.64. The molecule has 0 bridgehead atoms. The fourth-order valence-electron chi connectivity index (χ4n) is 4.10. The molecule has 1 aliphatic heterocycles. The number of imidazole rings is 1. The van der Waals surface area contributed by atoms with Gasteiger partial charge in [0.1, 0.15) is 12.6 Å². The molecule has 1 N–H and O–H groups in total. The number of para-hydroxylation sites is 2. The van der Waals surface area contributed by atoms with Gasteiger partial charge in [0.05, 0.1) is 35.4 Å². The largest absolute Gasteiger partial charge is 0.370 e. The number of hydrogen-bond donors (Lipinski definition) is 1. The number of thiophene rings is 1. The molecule has 7 nitrogen and oxygen atoms in total. The summed E-state index contributed by atoms with van der Waals surface area (Å²) < 4.78 is 8.97. The van der Waals surface area contributed by atoms with Gasteiger partial charge in [-0.15, -0.1) is 11.3 Å². The molecule has 1 fully saturated rings. The molecule has 2 aromatic carbocycles. The van der Waals surface area contributed by atoms with Crippen molar-refractivity contribution in [1.82, 2.24) is 19.8 Å². The van der Waals surface area contributed by atoms with E-state index in [2.05, 4.69) is 10.3 Å². The maximum Gasteiger partial charge on any atom is 0.261 e. The van der Waals surface area contributed by atoms with E-state index in [4.69, 9.17) is 4.74 Å². The topological polar surface area (TPSA) is 76.5 Å². The van der Waals surface area contributed by atoms with E-state index in [0.717, 1.165) is 26.7 Å². The molecule has 1 aliphatic rings. The number of aromatic nitrogens is 2. The Hall–Kier alpha value is -3.23. The number of hydrogen-bond acceptors (Lipinski definition) is 5. The number of morpholine rings is 1. The first-order valence-corrected chi connectivity index (χ1v) is 11.0. The molecular weight excluding hydrogens is 412 g/mol. The van der Waals surface area contributed by atoms with Gasteiger partial charge in [0.25, 0.3) is 5.91 Å². The molecule has 158 valence electrons. The van der Waals surface area contributed by atoms with Crippen molar-refractivity contribution >= 4 is 44.3 Å². The zero-order valence-electron chi connectivity index (χ0n) is 17.1. The van der Waals surface area contributed by atoms with Crippen molar-refractivity contribution in [3.8, 4) is 0 Å². The first-order valence-electron chi connectivity index (χ1n) is 10.2. The van der Waals surface area contributed by atoms with Crippen LogP contribution in [0.2, 0.25) is 0 Å². The van der Waals surface area contributed by atoms with Gasteiger partial charge >= 0.3 is 0 Å². The highest BCUT2D eigenvalue weighted by atomic mass is 32.1. The Morgan fingerprint density at radius 1 is 1.19 bits per heavy atom. The second-order valence-electron chi connectivity index (χ2n) is 7.48. The molecule has 0 unspecified atom stereocenters. The van der Waals surface area contributed by atoms with E-state index >= 15 is 0 Å². The summed E-state index contributed by atoms with van der Waals surface area (Å²) in [5, 5.41) is 3.73. The Bertz CT molecular complexity index is 1280. The minimum absolute atomic E-state index is 0.0116. The van der Waals surface area contributed by atoms with E-state index in [0.29, 0.717) is 24.6 Å². The first kappa shape index (κ1) is 19.7. The molecule has 0 spiro atoms. The van der Waals surface area contributed by atoms with Crippen LogP contribution in [-0.4, -0.2) is 53.0 Å². The van der Waals surface area contributed by atoms with Gasteiger partial charge in [0.15, 0.2) is 0 Å². The molecule has 1 saturated heterocycles. The third-order valence-corrected chi connectivity index (χ3v) is 6.83. The first-order chi connectivity index (χ1) is 15.2. The van der Waals surface area contributed by atoms with Crippen LogP contribution in [0.4, 0.5) is 0 Å². The van der Waals surface area contributed by atoms with Crippen molar-refractivity contribution < 1.29 is 14.3 Å². The van der Waals surface area contributed by atoms with E-state index < -0.39 is 0 Å². The molecule has 31 heavy (non-hydrogen) atoms. The lowest BCUT2D eigenvalue weighted by Crippen LogP contribution is -2.43. The van der Waals surface area contributed by atoms with Gasteiger partial charge in [-0.05, 0) is 23.6 Å². The summed E-state index contributed by atoms with van der Waals surface area (Å²) in [5.74, 6) is -0.120. The monoisotopic (exact) mass is 434 g/mol. The van der Waals surface area contributed by atoms with Crippen molar-refractivity contribution in [3.63, 3.8) is 0 Å². The SMILES string of the molecule is CNC(=O)c1sc2ccccc2c1[C@H]1CN(C(=O)Cn2cnc3ccccc32)CCO1. The van der Waals surface area contributed by atoms with Crippen LogP contribution in [0.3, 0.4) is 0 Å². The normalized spacial score (nSPS) is 16.7. The van der Waals surface area contributed by atoms with Crippen molar-refractivity contribution in [2.24, 2.45) is 0 Å². The van der Waals surface area contributed by atoms with Crippen molar-refractivity contribution in [3.05, 3.63) is 65.3 Å². The molecule has 5 rings (SSSR count). The number of ether oxygens (including phenoxy) is 1. The number of nitrogens with one attached hydrogen (secondary N) is 1. The van der Waals surface area contributed by atoms with Gasteiger partial charge in [-0.2, -0.15) is 0 Å². The van der Waals surface area contributed by atoms with Crippen LogP contribution in [0.25, 0.3) is 21.1 Å². The van der Waals surface area contributed by atoms with Gasteiger partial charge in [-0.25, -0.2) is 4.98 Å². The van der Waals surface area contributed by atoms with Crippen LogP contribution in [-0.2, 0) is 16.1 Å². The molecule has 8 heteroatoms. The van der Waals surface area contributed by atoms with Gasteiger partial charge in [0.2, 0.25) is 5.91 Å². The van der Waals surface area contributed by atoms with Crippen LogP contribution >= 0.6 is 11.3 Å². The summed E-state index contributed by atoms with van der Waals surface area (Å²) >= 11 is 1.46. The molecule has 3 heterocycles. The number of nitrogens with zero attached hydrogens (tertiary/aromatic N) is 3. The summed E-state index contributed by atoms with van der Waals surface area (Å²) in [6, 6.07) is 15.7. The van der Waals surface area contributed by atoms with E-state index in [-0.39, 0.29) is 24.5 Å². The quantitative estimate of drug-likeness (QED) is 0.535. The van der Waals surface area contributed by atoms with Gasteiger partial charge in [0, 0.05) is 23.9 Å². The summed E-state index contributed by atoms with van der Waals surface area (Å²) in [4.78, 5) is 32.5. The summed E-state index contributed by atoms with van der Waals surface area (Å²) in [6.07, 6.45) is 1.36. The van der Waals surface area contributed by atoms with Gasteiger partial charge < -0.3 is 19.5 Å².